The summed E-state index contributed by atoms with van der Waals surface area (Å²) in [5, 5.41) is 0. The predicted molar refractivity (Wildman–Crippen MR) is 60.5 cm³/mol. The van der Waals surface area contributed by atoms with Crippen LogP contribution in [-0.4, -0.2) is 9.64 Å². The number of alkyl halides is 1. The van der Waals surface area contributed by atoms with E-state index in [1.807, 2.05) is 19.9 Å². The Morgan fingerprint density at radius 1 is 1.64 bits per heavy atom. The normalized spacial score (nSPS) is 16.4. The largest absolute Gasteiger partial charge is 0.257 e. The van der Waals surface area contributed by atoms with Crippen LogP contribution in [0.15, 0.2) is 29.4 Å². The zero-order chi connectivity index (χ0) is 8.85. The van der Waals surface area contributed by atoms with Gasteiger partial charge in [0.1, 0.15) is 0 Å². The van der Waals surface area contributed by atoms with Crippen LogP contribution >= 0.6 is 22.6 Å². The quantitative estimate of drug-likeness (QED) is 0.420. The standard InChI is InChI=1S/C9H14IN/c1-5-7(3)11-9(6-2)8(4)10/h5-6,8H,1H2,2-4H3/b9-6-,11-7-. The number of allylic oxidation sites excluding steroid dienone is 3. The molecule has 11 heavy (non-hydrogen) atoms. The van der Waals surface area contributed by atoms with Crippen molar-refractivity contribution in [1.29, 1.82) is 0 Å². The fraction of sp³-hybridized carbons (Fsp3) is 0.444. The van der Waals surface area contributed by atoms with Crippen LogP contribution in [0, 0.1) is 0 Å². The summed E-state index contributed by atoms with van der Waals surface area (Å²) in [6, 6.07) is 0. The highest BCUT2D eigenvalue weighted by atomic mass is 127. The van der Waals surface area contributed by atoms with E-state index in [4.69, 9.17) is 0 Å². The van der Waals surface area contributed by atoms with Gasteiger partial charge in [-0.2, -0.15) is 0 Å². The molecule has 0 saturated heterocycles. The summed E-state index contributed by atoms with van der Waals surface area (Å²) in [5.41, 5.74) is 2.09. The van der Waals surface area contributed by atoms with Crippen LogP contribution in [-0.2, 0) is 0 Å². The first kappa shape index (κ1) is 10.9. The summed E-state index contributed by atoms with van der Waals surface area (Å²) in [6.45, 7) is 9.73. The molecule has 0 aromatic carbocycles. The smallest absolute Gasteiger partial charge is 0.0501 e. The van der Waals surface area contributed by atoms with Crippen molar-refractivity contribution in [2.24, 2.45) is 4.99 Å². The van der Waals surface area contributed by atoms with Crippen LogP contribution in [0.5, 0.6) is 0 Å². The van der Waals surface area contributed by atoms with Gasteiger partial charge in [0.2, 0.25) is 0 Å². The van der Waals surface area contributed by atoms with Crippen molar-refractivity contribution in [3.63, 3.8) is 0 Å². The molecule has 0 N–H and O–H groups in total. The van der Waals surface area contributed by atoms with Crippen molar-refractivity contribution in [1.82, 2.24) is 0 Å². The average molecular weight is 263 g/mol. The Morgan fingerprint density at radius 2 is 2.18 bits per heavy atom. The lowest BCUT2D eigenvalue weighted by molar-refractivity contribution is 1.11. The monoisotopic (exact) mass is 263 g/mol. The molecule has 1 atom stereocenters. The zero-order valence-electron chi connectivity index (χ0n) is 7.26. The Hall–Kier alpha value is -0.120. The van der Waals surface area contributed by atoms with Crippen molar-refractivity contribution in [3.8, 4) is 0 Å². The van der Waals surface area contributed by atoms with E-state index in [1.165, 1.54) is 0 Å². The summed E-state index contributed by atoms with van der Waals surface area (Å²) in [4.78, 5) is 4.37. The number of hydrogen-bond acceptors (Lipinski definition) is 1. The molecule has 1 unspecified atom stereocenters. The van der Waals surface area contributed by atoms with Crippen molar-refractivity contribution in [3.05, 3.63) is 24.4 Å². The van der Waals surface area contributed by atoms with Gasteiger partial charge >= 0.3 is 0 Å². The molecule has 62 valence electrons. The van der Waals surface area contributed by atoms with E-state index in [9.17, 15) is 0 Å². The number of rotatable bonds is 3. The molecule has 0 aliphatic heterocycles. The summed E-state index contributed by atoms with van der Waals surface area (Å²) in [6.07, 6.45) is 3.80. The molecular formula is C9H14IN. The van der Waals surface area contributed by atoms with E-state index in [0.29, 0.717) is 3.92 Å². The van der Waals surface area contributed by atoms with E-state index in [0.717, 1.165) is 11.4 Å². The molecule has 1 nitrogen and oxygen atoms in total. The lowest BCUT2D eigenvalue weighted by atomic mass is 10.3. The van der Waals surface area contributed by atoms with Gasteiger partial charge in [0.25, 0.3) is 0 Å². The second-order valence-corrected chi connectivity index (χ2v) is 4.16. The van der Waals surface area contributed by atoms with Gasteiger partial charge in [-0.25, -0.2) is 0 Å². The fourth-order valence-corrected chi connectivity index (χ4v) is 1.13. The van der Waals surface area contributed by atoms with Crippen LogP contribution in [0.1, 0.15) is 20.8 Å². The first-order chi connectivity index (χ1) is 5.11. The van der Waals surface area contributed by atoms with Crippen molar-refractivity contribution in [2.75, 3.05) is 0 Å². The van der Waals surface area contributed by atoms with Gasteiger partial charge in [0.15, 0.2) is 0 Å². The van der Waals surface area contributed by atoms with Crippen LogP contribution in [0.25, 0.3) is 0 Å². The zero-order valence-corrected chi connectivity index (χ0v) is 9.42. The molecule has 0 bridgehead atoms. The molecule has 0 aliphatic carbocycles. The second kappa shape index (κ2) is 5.52. The first-order valence-electron chi connectivity index (χ1n) is 3.59. The van der Waals surface area contributed by atoms with E-state index in [1.54, 1.807) is 6.08 Å². The Bertz CT molecular complexity index is 190. The maximum absolute atomic E-state index is 4.37. The molecule has 0 saturated carbocycles. The maximum Gasteiger partial charge on any atom is 0.0501 e. The molecule has 0 spiro atoms. The van der Waals surface area contributed by atoms with Gasteiger partial charge in [-0.3, -0.25) is 4.99 Å². The molecule has 0 aromatic rings. The molecule has 0 aliphatic rings. The highest BCUT2D eigenvalue weighted by Gasteiger charge is 2.00. The molecule has 0 amide bonds. The van der Waals surface area contributed by atoms with Crippen LogP contribution in [0.2, 0.25) is 0 Å². The topological polar surface area (TPSA) is 12.4 Å². The number of aliphatic imine (C=N–C) groups is 1. The Balaban J connectivity index is 4.44. The Kier molecular flexibility index (Phi) is 5.46. The van der Waals surface area contributed by atoms with Crippen LogP contribution in [0.4, 0.5) is 0 Å². The molecular weight excluding hydrogens is 249 g/mol. The van der Waals surface area contributed by atoms with E-state index < -0.39 is 0 Å². The minimum absolute atomic E-state index is 0.465. The number of halogens is 1. The number of nitrogens with zero attached hydrogens (tertiary/aromatic N) is 1. The van der Waals surface area contributed by atoms with E-state index in [2.05, 4.69) is 41.1 Å². The first-order valence-corrected chi connectivity index (χ1v) is 4.84. The minimum atomic E-state index is 0.465. The third-order valence-electron chi connectivity index (χ3n) is 1.30. The van der Waals surface area contributed by atoms with Crippen LogP contribution in [0.3, 0.4) is 0 Å². The summed E-state index contributed by atoms with van der Waals surface area (Å²) in [7, 11) is 0. The molecule has 0 radical (unpaired) electrons. The fourth-order valence-electron chi connectivity index (χ4n) is 0.632. The summed E-state index contributed by atoms with van der Waals surface area (Å²) in [5.74, 6) is 0. The van der Waals surface area contributed by atoms with Gasteiger partial charge in [-0.1, -0.05) is 35.2 Å². The lowest BCUT2D eigenvalue weighted by Gasteiger charge is -2.03. The van der Waals surface area contributed by atoms with Gasteiger partial charge < -0.3 is 0 Å². The number of hydrogen-bond donors (Lipinski definition) is 0. The SMILES string of the molecule is C=C/C(C)=N\C(=C/C)C(C)I. The second-order valence-electron chi connectivity index (χ2n) is 2.29. The summed E-state index contributed by atoms with van der Waals surface area (Å²) >= 11 is 2.34. The van der Waals surface area contributed by atoms with Gasteiger partial charge in [0.05, 0.1) is 3.92 Å². The molecule has 0 heterocycles. The lowest BCUT2D eigenvalue weighted by Crippen LogP contribution is -1.95. The third kappa shape index (κ3) is 4.35. The predicted octanol–water partition coefficient (Wildman–Crippen LogP) is 3.36. The molecule has 0 rings (SSSR count). The maximum atomic E-state index is 4.37. The van der Waals surface area contributed by atoms with Crippen molar-refractivity contribution < 1.29 is 0 Å². The minimum Gasteiger partial charge on any atom is -0.257 e. The van der Waals surface area contributed by atoms with Crippen molar-refractivity contribution in [2.45, 2.75) is 24.7 Å². The van der Waals surface area contributed by atoms with Gasteiger partial charge in [-0.15, -0.1) is 0 Å². The Morgan fingerprint density at radius 3 is 2.45 bits per heavy atom. The average Bonchev–Trinajstić information content (AvgIpc) is 1.99. The highest BCUT2D eigenvalue weighted by Crippen LogP contribution is 2.13. The Labute approximate surface area is 82.4 Å². The summed E-state index contributed by atoms with van der Waals surface area (Å²) < 4.78 is 0.465. The molecule has 0 aromatic heterocycles. The molecule has 2 heteroatoms. The third-order valence-corrected chi connectivity index (χ3v) is 1.94. The van der Waals surface area contributed by atoms with Gasteiger partial charge in [-0.05, 0) is 26.8 Å². The van der Waals surface area contributed by atoms with Crippen molar-refractivity contribution >= 4 is 28.3 Å². The van der Waals surface area contributed by atoms with Gasteiger partial charge in [0, 0.05) is 11.4 Å². The highest BCUT2D eigenvalue weighted by molar-refractivity contribution is 14.1. The molecule has 0 fully saturated rings. The van der Waals surface area contributed by atoms with E-state index in [-0.39, 0.29) is 0 Å². The van der Waals surface area contributed by atoms with E-state index >= 15 is 0 Å². The van der Waals surface area contributed by atoms with Crippen LogP contribution < -0.4 is 0 Å².